The number of carbonyl (C=O) groups excluding carboxylic acids is 2. The molecule has 1 heterocycles. The fourth-order valence-corrected chi connectivity index (χ4v) is 2.47. The lowest BCUT2D eigenvalue weighted by Crippen LogP contribution is -2.28. The minimum Gasteiger partial charge on any atom is -0.478 e. The molecule has 2 N–H and O–H groups in total. The molecule has 6 nitrogen and oxygen atoms in total. The Labute approximate surface area is 126 Å². The standard InChI is InChI=1S/C14H15ClN2O4/c1-2-17-7-9(6-12(17)18)13(19)16-11-4-3-8(14(20)21)5-10(11)15/h3-5,9H,2,6-7H2,1H3,(H,16,19)(H,20,21). The Hall–Kier alpha value is -2.08. The van der Waals surface area contributed by atoms with Gasteiger partial charge in [0.05, 0.1) is 22.2 Å². The second-order valence-electron chi connectivity index (χ2n) is 4.82. The van der Waals surface area contributed by atoms with Crippen molar-refractivity contribution >= 4 is 35.1 Å². The van der Waals surface area contributed by atoms with Crippen molar-refractivity contribution in [2.75, 3.05) is 18.4 Å². The number of nitrogens with zero attached hydrogens (tertiary/aromatic N) is 1. The number of carbonyl (C=O) groups is 3. The van der Waals surface area contributed by atoms with E-state index in [0.717, 1.165) is 0 Å². The zero-order chi connectivity index (χ0) is 15.6. The van der Waals surface area contributed by atoms with Crippen molar-refractivity contribution in [2.45, 2.75) is 13.3 Å². The average molecular weight is 311 g/mol. The second-order valence-corrected chi connectivity index (χ2v) is 5.23. The van der Waals surface area contributed by atoms with E-state index in [9.17, 15) is 14.4 Å². The molecule has 1 unspecified atom stereocenters. The summed E-state index contributed by atoms with van der Waals surface area (Å²) in [7, 11) is 0. The molecule has 112 valence electrons. The van der Waals surface area contributed by atoms with Crippen LogP contribution in [0, 0.1) is 5.92 Å². The second kappa shape index (κ2) is 6.13. The summed E-state index contributed by atoms with van der Waals surface area (Å²) >= 11 is 5.95. The van der Waals surface area contributed by atoms with Crippen LogP contribution in [0.2, 0.25) is 5.02 Å². The quantitative estimate of drug-likeness (QED) is 0.888. The third-order valence-electron chi connectivity index (χ3n) is 3.44. The van der Waals surface area contributed by atoms with Gasteiger partial charge in [0.15, 0.2) is 0 Å². The van der Waals surface area contributed by atoms with Gasteiger partial charge in [0.25, 0.3) is 0 Å². The SMILES string of the molecule is CCN1CC(C(=O)Nc2ccc(C(=O)O)cc2Cl)CC1=O. The largest absolute Gasteiger partial charge is 0.478 e. The first-order chi connectivity index (χ1) is 9.92. The van der Waals surface area contributed by atoms with Gasteiger partial charge in [-0.3, -0.25) is 9.59 Å². The van der Waals surface area contributed by atoms with E-state index >= 15 is 0 Å². The van der Waals surface area contributed by atoms with Crippen molar-refractivity contribution in [1.82, 2.24) is 4.90 Å². The molecule has 2 amide bonds. The van der Waals surface area contributed by atoms with Crippen LogP contribution in [0.1, 0.15) is 23.7 Å². The van der Waals surface area contributed by atoms with Crippen LogP contribution in [0.15, 0.2) is 18.2 Å². The molecule has 0 bridgehead atoms. The highest BCUT2D eigenvalue weighted by Crippen LogP contribution is 2.25. The number of amides is 2. The topological polar surface area (TPSA) is 86.7 Å². The lowest BCUT2D eigenvalue weighted by Gasteiger charge is -2.14. The van der Waals surface area contributed by atoms with E-state index in [-0.39, 0.29) is 28.8 Å². The van der Waals surface area contributed by atoms with Crippen LogP contribution in [0.3, 0.4) is 0 Å². The summed E-state index contributed by atoms with van der Waals surface area (Å²) in [4.78, 5) is 36.2. The average Bonchev–Trinajstić information content (AvgIpc) is 2.82. The zero-order valence-corrected chi connectivity index (χ0v) is 12.2. The first-order valence-corrected chi connectivity index (χ1v) is 6.91. The third-order valence-corrected chi connectivity index (χ3v) is 3.75. The number of halogens is 1. The van der Waals surface area contributed by atoms with Crippen molar-refractivity contribution in [3.8, 4) is 0 Å². The number of rotatable bonds is 4. The summed E-state index contributed by atoms with van der Waals surface area (Å²) < 4.78 is 0. The van der Waals surface area contributed by atoms with Crippen molar-refractivity contribution in [1.29, 1.82) is 0 Å². The highest BCUT2D eigenvalue weighted by molar-refractivity contribution is 6.34. The summed E-state index contributed by atoms with van der Waals surface area (Å²) in [6, 6.07) is 4.08. The predicted octanol–water partition coefficient (Wildman–Crippen LogP) is 1.85. The number of carboxylic acids is 1. The molecule has 0 aliphatic carbocycles. The molecule has 7 heteroatoms. The smallest absolute Gasteiger partial charge is 0.335 e. The molecule has 1 fully saturated rings. The fraction of sp³-hybridized carbons (Fsp3) is 0.357. The Bertz CT molecular complexity index is 603. The molecule has 1 aliphatic rings. The van der Waals surface area contributed by atoms with Crippen molar-refractivity contribution in [2.24, 2.45) is 5.92 Å². The van der Waals surface area contributed by atoms with E-state index in [1.54, 1.807) is 4.90 Å². The Balaban J connectivity index is 2.07. The molecule has 1 aliphatic heterocycles. The van der Waals surface area contributed by atoms with Gasteiger partial charge in [0, 0.05) is 19.5 Å². The van der Waals surface area contributed by atoms with Crippen LogP contribution in [-0.4, -0.2) is 40.9 Å². The Morgan fingerprint density at radius 2 is 2.19 bits per heavy atom. The molecule has 0 aromatic heterocycles. The number of hydrogen-bond donors (Lipinski definition) is 2. The van der Waals surface area contributed by atoms with Gasteiger partial charge in [0.1, 0.15) is 0 Å². The lowest BCUT2D eigenvalue weighted by atomic mass is 10.1. The van der Waals surface area contributed by atoms with E-state index in [4.69, 9.17) is 16.7 Å². The number of likely N-dealkylation sites (tertiary alicyclic amines) is 1. The summed E-state index contributed by atoms with van der Waals surface area (Å²) in [5.74, 6) is -1.82. The number of hydrogen-bond acceptors (Lipinski definition) is 3. The maximum Gasteiger partial charge on any atom is 0.335 e. The van der Waals surface area contributed by atoms with E-state index in [1.807, 2.05) is 6.92 Å². The van der Waals surface area contributed by atoms with E-state index in [1.165, 1.54) is 18.2 Å². The van der Waals surface area contributed by atoms with Crippen LogP contribution < -0.4 is 5.32 Å². The maximum absolute atomic E-state index is 12.1. The minimum absolute atomic E-state index is 0.0371. The van der Waals surface area contributed by atoms with Gasteiger partial charge in [-0.1, -0.05) is 11.6 Å². The summed E-state index contributed by atoms with van der Waals surface area (Å²) in [6.45, 7) is 2.84. The monoisotopic (exact) mass is 310 g/mol. The van der Waals surface area contributed by atoms with Crippen LogP contribution >= 0.6 is 11.6 Å². The number of anilines is 1. The fourth-order valence-electron chi connectivity index (χ4n) is 2.24. The molecule has 1 aromatic rings. The maximum atomic E-state index is 12.1. The van der Waals surface area contributed by atoms with E-state index in [0.29, 0.717) is 18.8 Å². The molecule has 1 atom stereocenters. The van der Waals surface area contributed by atoms with Crippen LogP contribution in [-0.2, 0) is 9.59 Å². The van der Waals surface area contributed by atoms with Crippen molar-refractivity contribution in [3.05, 3.63) is 28.8 Å². The number of carboxylic acid groups (broad SMARTS) is 1. The number of benzene rings is 1. The zero-order valence-electron chi connectivity index (χ0n) is 11.4. The Morgan fingerprint density at radius 3 is 2.71 bits per heavy atom. The van der Waals surface area contributed by atoms with Gasteiger partial charge in [-0.05, 0) is 25.1 Å². The molecule has 1 saturated heterocycles. The number of aromatic carboxylic acids is 1. The molecule has 0 saturated carbocycles. The Kier molecular flexibility index (Phi) is 4.47. The van der Waals surface area contributed by atoms with Crippen molar-refractivity contribution < 1.29 is 19.5 Å². The summed E-state index contributed by atoms with van der Waals surface area (Å²) in [6.07, 6.45) is 0.185. The molecular weight excluding hydrogens is 296 g/mol. The minimum atomic E-state index is -1.09. The molecule has 0 spiro atoms. The summed E-state index contributed by atoms with van der Waals surface area (Å²) in [5, 5.41) is 11.6. The molecule has 1 aromatic carbocycles. The molecule has 2 rings (SSSR count). The lowest BCUT2D eigenvalue weighted by molar-refractivity contribution is -0.128. The van der Waals surface area contributed by atoms with Gasteiger partial charge in [-0.15, -0.1) is 0 Å². The van der Waals surface area contributed by atoms with Gasteiger partial charge in [-0.2, -0.15) is 0 Å². The van der Waals surface area contributed by atoms with Crippen molar-refractivity contribution in [3.63, 3.8) is 0 Å². The highest BCUT2D eigenvalue weighted by Gasteiger charge is 2.33. The first kappa shape index (κ1) is 15.3. The van der Waals surface area contributed by atoms with E-state index in [2.05, 4.69) is 5.32 Å². The van der Waals surface area contributed by atoms with Gasteiger partial charge >= 0.3 is 5.97 Å². The highest BCUT2D eigenvalue weighted by atomic mass is 35.5. The van der Waals surface area contributed by atoms with Gasteiger partial charge in [-0.25, -0.2) is 4.79 Å². The third kappa shape index (κ3) is 3.33. The van der Waals surface area contributed by atoms with Crippen LogP contribution in [0.25, 0.3) is 0 Å². The summed E-state index contributed by atoms with van der Waals surface area (Å²) in [5.41, 5.74) is 0.389. The molecule has 21 heavy (non-hydrogen) atoms. The van der Waals surface area contributed by atoms with Gasteiger partial charge in [0.2, 0.25) is 11.8 Å². The Morgan fingerprint density at radius 1 is 1.48 bits per heavy atom. The number of nitrogens with one attached hydrogen (secondary N) is 1. The predicted molar refractivity (Wildman–Crippen MR) is 77.4 cm³/mol. The normalized spacial score (nSPS) is 17.9. The van der Waals surface area contributed by atoms with Crippen LogP contribution in [0.4, 0.5) is 5.69 Å². The van der Waals surface area contributed by atoms with Gasteiger partial charge < -0.3 is 15.3 Å². The molecule has 0 radical (unpaired) electrons. The first-order valence-electron chi connectivity index (χ1n) is 6.53. The van der Waals surface area contributed by atoms with E-state index < -0.39 is 11.9 Å². The molecular formula is C14H15ClN2O4. The van der Waals surface area contributed by atoms with Crippen LogP contribution in [0.5, 0.6) is 0 Å².